The van der Waals surface area contributed by atoms with Crippen LogP contribution in [-0.4, -0.2) is 45.2 Å². The van der Waals surface area contributed by atoms with Crippen LogP contribution in [0.3, 0.4) is 0 Å². The minimum atomic E-state index is -0.0495. The van der Waals surface area contributed by atoms with Gasteiger partial charge in [0.25, 0.3) is 5.91 Å². The Morgan fingerprint density at radius 1 is 1.31 bits per heavy atom. The summed E-state index contributed by atoms with van der Waals surface area (Å²) in [5.74, 6) is 0.989. The smallest absolute Gasteiger partial charge is 0.274 e. The van der Waals surface area contributed by atoms with Crippen LogP contribution in [0.5, 0.6) is 0 Å². The van der Waals surface area contributed by atoms with E-state index < -0.39 is 0 Å². The molecule has 2 aromatic rings. The highest BCUT2D eigenvalue weighted by atomic mass is 16.5. The van der Waals surface area contributed by atoms with Gasteiger partial charge < -0.3 is 15.4 Å². The van der Waals surface area contributed by atoms with Crippen LogP contribution in [0.4, 0.5) is 5.82 Å². The molecule has 26 heavy (non-hydrogen) atoms. The third-order valence-electron chi connectivity index (χ3n) is 5.50. The lowest BCUT2D eigenvalue weighted by atomic mass is 9.90. The number of rotatable bonds is 2. The maximum atomic E-state index is 13.0. The third-order valence-corrected chi connectivity index (χ3v) is 5.50. The summed E-state index contributed by atoms with van der Waals surface area (Å²) < 4.78 is 5.81. The predicted molar refractivity (Wildman–Crippen MR) is 97.8 cm³/mol. The molecule has 0 bridgehead atoms. The van der Waals surface area contributed by atoms with Gasteiger partial charge in [0.05, 0.1) is 17.9 Å². The second kappa shape index (κ2) is 6.72. The van der Waals surface area contributed by atoms with Crippen molar-refractivity contribution in [3.63, 3.8) is 0 Å². The number of pyridine rings is 1. The summed E-state index contributed by atoms with van der Waals surface area (Å²) >= 11 is 0. The van der Waals surface area contributed by atoms with Crippen LogP contribution in [0, 0.1) is 0 Å². The molecule has 2 aliphatic rings. The lowest BCUT2D eigenvalue weighted by Gasteiger charge is -2.32. The van der Waals surface area contributed by atoms with Crippen LogP contribution in [0.2, 0.25) is 0 Å². The van der Waals surface area contributed by atoms with E-state index in [1.54, 1.807) is 0 Å². The number of ether oxygens (including phenoxy) is 1. The summed E-state index contributed by atoms with van der Waals surface area (Å²) in [6.45, 7) is 5.49. The van der Waals surface area contributed by atoms with Crippen molar-refractivity contribution in [1.29, 1.82) is 0 Å². The lowest BCUT2D eigenvalue weighted by Crippen LogP contribution is -2.38. The van der Waals surface area contributed by atoms with Crippen LogP contribution >= 0.6 is 0 Å². The molecule has 3 N–H and O–H groups in total. The number of piperidine rings is 1. The van der Waals surface area contributed by atoms with Gasteiger partial charge in [0.15, 0.2) is 5.69 Å². The SMILES string of the molecule is C[C@@H]1Cc2c(C(=O)N3CCC(c4ccc(N)nc4)CC3)n[nH]c2[C@H](C)O1. The molecular formula is C19H25N5O2. The Morgan fingerprint density at radius 3 is 2.77 bits per heavy atom. The molecule has 1 fully saturated rings. The maximum absolute atomic E-state index is 13.0. The number of nitrogen functional groups attached to an aromatic ring is 1. The van der Waals surface area contributed by atoms with E-state index in [9.17, 15) is 4.79 Å². The monoisotopic (exact) mass is 355 g/mol. The fourth-order valence-corrected chi connectivity index (χ4v) is 4.07. The molecule has 4 rings (SSSR count). The Balaban J connectivity index is 1.45. The first-order valence-corrected chi connectivity index (χ1v) is 9.26. The van der Waals surface area contributed by atoms with Crippen molar-refractivity contribution < 1.29 is 9.53 Å². The van der Waals surface area contributed by atoms with Crippen molar-refractivity contribution in [1.82, 2.24) is 20.1 Å². The summed E-state index contributed by atoms with van der Waals surface area (Å²) in [5.41, 5.74) is 9.39. The zero-order chi connectivity index (χ0) is 18.3. The van der Waals surface area contributed by atoms with Crippen molar-refractivity contribution in [2.24, 2.45) is 0 Å². The van der Waals surface area contributed by atoms with Crippen molar-refractivity contribution in [2.75, 3.05) is 18.8 Å². The topological polar surface area (TPSA) is 97.1 Å². The number of amides is 1. The molecule has 7 heteroatoms. The molecule has 0 unspecified atom stereocenters. The number of nitrogens with one attached hydrogen (secondary N) is 1. The van der Waals surface area contributed by atoms with E-state index in [0.29, 0.717) is 17.4 Å². The molecule has 2 atom stereocenters. The van der Waals surface area contributed by atoms with Gasteiger partial charge in [-0.15, -0.1) is 0 Å². The quantitative estimate of drug-likeness (QED) is 0.862. The van der Waals surface area contributed by atoms with Crippen molar-refractivity contribution >= 4 is 11.7 Å². The zero-order valence-electron chi connectivity index (χ0n) is 15.2. The van der Waals surface area contributed by atoms with Gasteiger partial charge in [0, 0.05) is 31.3 Å². The van der Waals surface area contributed by atoms with Gasteiger partial charge in [-0.2, -0.15) is 5.10 Å². The maximum Gasteiger partial charge on any atom is 0.274 e. The number of hydrogen-bond donors (Lipinski definition) is 2. The van der Waals surface area contributed by atoms with Gasteiger partial charge in [0.1, 0.15) is 5.82 Å². The predicted octanol–water partition coefficient (Wildman–Crippen LogP) is 2.43. The first kappa shape index (κ1) is 17.0. The molecule has 138 valence electrons. The number of fused-ring (bicyclic) bond motifs is 1. The molecule has 0 radical (unpaired) electrons. The molecule has 0 spiro atoms. The van der Waals surface area contributed by atoms with E-state index in [1.165, 1.54) is 5.56 Å². The molecule has 7 nitrogen and oxygen atoms in total. The van der Waals surface area contributed by atoms with E-state index in [1.807, 2.05) is 37.1 Å². The number of nitrogens with zero attached hydrogens (tertiary/aromatic N) is 3. The second-order valence-electron chi connectivity index (χ2n) is 7.34. The summed E-state index contributed by atoms with van der Waals surface area (Å²) in [5, 5.41) is 7.34. The van der Waals surface area contributed by atoms with Crippen LogP contribution in [0.1, 0.15) is 66.0 Å². The molecule has 0 saturated carbocycles. The van der Waals surface area contributed by atoms with E-state index in [4.69, 9.17) is 10.5 Å². The number of aromatic amines is 1. The first-order chi connectivity index (χ1) is 12.5. The van der Waals surface area contributed by atoms with Crippen LogP contribution in [0.15, 0.2) is 18.3 Å². The molecular weight excluding hydrogens is 330 g/mol. The highest BCUT2D eigenvalue weighted by molar-refractivity contribution is 5.94. The van der Waals surface area contributed by atoms with Gasteiger partial charge in [-0.3, -0.25) is 9.89 Å². The van der Waals surface area contributed by atoms with Crippen LogP contribution < -0.4 is 5.73 Å². The van der Waals surface area contributed by atoms with E-state index in [-0.39, 0.29) is 18.1 Å². The Bertz CT molecular complexity index is 793. The number of likely N-dealkylation sites (tertiary alicyclic amines) is 1. The molecule has 1 saturated heterocycles. The number of nitrogens with two attached hydrogens (primary N) is 1. The Labute approximate surface area is 152 Å². The Kier molecular flexibility index (Phi) is 4.40. The standard InChI is InChI=1S/C19H25N5O2/c1-11-9-15-17(12(2)26-11)22-23-18(15)19(25)24-7-5-13(6-8-24)14-3-4-16(20)21-10-14/h3-4,10-13H,5-9H2,1-2H3,(H2,20,21)(H,22,23)/t11-,12+/m1/s1. The minimum Gasteiger partial charge on any atom is -0.384 e. The number of H-pyrrole nitrogens is 1. The molecule has 1 amide bonds. The highest BCUT2D eigenvalue weighted by Gasteiger charge is 2.32. The number of carbonyl (C=O) groups excluding carboxylic acids is 1. The Morgan fingerprint density at radius 2 is 2.08 bits per heavy atom. The van der Waals surface area contributed by atoms with Gasteiger partial charge in [-0.25, -0.2) is 4.98 Å². The van der Waals surface area contributed by atoms with E-state index in [0.717, 1.165) is 43.6 Å². The van der Waals surface area contributed by atoms with E-state index in [2.05, 4.69) is 15.2 Å². The molecule has 4 heterocycles. The summed E-state index contributed by atoms with van der Waals surface area (Å²) in [4.78, 5) is 19.1. The van der Waals surface area contributed by atoms with Gasteiger partial charge in [-0.05, 0) is 44.2 Å². The van der Waals surface area contributed by atoms with Gasteiger partial charge >= 0.3 is 0 Å². The molecule has 2 aromatic heterocycles. The minimum absolute atomic E-state index is 0.0256. The van der Waals surface area contributed by atoms with E-state index >= 15 is 0 Å². The van der Waals surface area contributed by atoms with Crippen molar-refractivity contribution in [3.05, 3.63) is 40.8 Å². The third kappa shape index (κ3) is 3.07. The average molecular weight is 355 g/mol. The summed E-state index contributed by atoms with van der Waals surface area (Å²) in [6, 6.07) is 3.88. The average Bonchev–Trinajstić information content (AvgIpc) is 3.06. The second-order valence-corrected chi connectivity index (χ2v) is 7.34. The zero-order valence-corrected chi connectivity index (χ0v) is 15.2. The van der Waals surface area contributed by atoms with Crippen LogP contribution in [0.25, 0.3) is 0 Å². The highest BCUT2D eigenvalue weighted by Crippen LogP contribution is 2.32. The van der Waals surface area contributed by atoms with Gasteiger partial charge in [0.2, 0.25) is 0 Å². The summed E-state index contributed by atoms with van der Waals surface area (Å²) in [6.07, 6.45) is 4.49. The number of anilines is 1. The molecule has 0 aromatic carbocycles. The first-order valence-electron chi connectivity index (χ1n) is 9.26. The van der Waals surface area contributed by atoms with Gasteiger partial charge in [-0.1, -0.05) is 6.07 Å². The summed E-state index contributed by atoms with van der Waals surface area (Å²) in [7, 11) is 0. The van der Waals surface area contributed by atoms with Crippen molar-refractivity contribution in [2.45, 2.75) is 51.2 Å². The molecule has 0 aliphatic carbocycles. The number of carbonyl (C=O) groups is 1. The largest absolute Gasteiger partial charge is 0.384 e. The fraction of sp³-hybridized carbons (Fsp3) is 0.526. The van der Waals surface area contributed by atoms with Crippen LogP contribution in [-0.2, 0) is 11.2 Å². The fourth-order valence-electron chi connectivity index (χ4n) is 4.07. The number of aromatic nitrogens is 3. The van der Waals surface area contributed by atoms with Crippen molar-refractivity contribution in [3.8, 4) is 0 Å². The molecule has 2 aliphatic heterocycles. The Hall–Kier alpha value is -2.41. The normalized spacial score (nSPS) is 23.7. The lowest BCUT2D eigenvalue weighted by molar-refractivity contribution is -0.00702. The number of hydrogen-bond acceptors (Lipinski definition) is 5.